The summed E-state index contributed by atoms with van der Waals surface area (Å²) in [6.45, 7) is -3.30. The summed E-state index contributed by atoms with van der Waals surface area (Å²) in [6, 6.07) is 0. The van der Waals surface area contributed by atoms with Crippen LogP contribution in [-0.2, 0) is 45.7 Å². The smallest absolute Gasteiger partial charge is 0.329 e. The van der Waals surface area contributed by atoms with Gasteiger partial charge in [0, 0.05) is 26.2 Å². The van der Waals surface area contributed by atoms with Crippen molar-refractivity contribution in [2.45, 2.75) is 28.9 Å². The Morgan fingerprint density at radius 1 is 0.362 bits per heavy atom. The number of hydrogen-bond acceptors (Lipinski definition) is 14. The number of nitrogens with two attached hydrogens (primary N) is 1. The van der Waals surface area contributed by atoms with Gasteiger partial charge in [0.15, 0.2) is 0 Å². The lowest BCUT2D eigenvalue weighted by atomic mass is 10.4. The van der Waals surface area contributed by atoms with Gasteiger partial charge in [-0.15, -0.1) is 0 Å². The van der Waals surface area contributed by atoms with E-state index < -0.39 is 149 Å². The van der Waals surface area contributed by atoms with Crippen molar-refractivity contribution < 1.29 is 144 Å². The topological polar surface area (TPSA) is 620 Å². The Morgan fingerprint density at radius 3 is 0.707 bits per heavy atom. The van der Waals surface area contributed by atoms with Crippen LogP contribution in [-0.4, -0.2) is 194 Å². The monoisotopic (exact) mass is 1060 g/mol. The summed E-state index contributed by atoms with van der Waals surface area (Å²) in [4.78, 5) is 187. The van der Waals surface area contributed by atoms with Gasteiger partial charge in [-0.25, -0.2) is 0 Å². The van der Waals surface area contributed by atoms with E-state index in [1.807, 2.05) is 0 Å². The highest BCUT2D eigenvalue weighted by molar-refractivity contribution is 7.59. The standard InChI is InChI=1S/C10H32N2O24P8.C4H14N2O6P2/c13-37(14,15)3-7(41(25,26)27)11(8(42(28,29)30)4-38(16,17)18)1-2-12(9(43(31,32)33)5-39(19,20)21)10(44(34,35)36)6-40(22,23)24;5-1-2-6-4(14(10,11)12)3-13(7,8)9/h7-10H,1-6H2,(H2,13,14,15)(H2,16,17,18)(H2,19,20,21)(H2,22,23,24)(H2,25,26,27)(H2,28,29,30)(H2,31,32,33)(H2,34,35,36);4,6H,1-3,5H2,(H2,7,8,9)(H2,10,11,12). The van der Waals surface area contributed by atoms with Crippen LogP contribution in [0.4, 0.5) is 0 Å². The van der Waals surface area contributed by atoms with Crippen LogP contribution in [0.1, 0.15) is 0 Å². The molecular weight excluding hydrogens is 1010 g/mol. The first kappa shape index (κ1) is 61.4. The van der Waals surface area contributed by atoms with E-state index in [1.165, 1.54) is 0 Å². The average Bonchev–Trinajstić information content (AvgIpc) is 2.89. The summed E-state index contributed by atoms with van der Waals surface area (Å²) in [5.41, 5.74) is 5.07. The molecule has 58 heavy (non-hydrogen) atoms. The van der Waals surface area contributed by atoms with Crippen molar-refractivity contribution in [3.8, 4) is 0 Å². The molecule has 44 heteroatoms. The van der Waals surface area contributed by atoms with E-state index in [-0.39, 0.29) is 22.9 Å². The van der Waals surface area contributed by atoms with Crippen LogP contribution in [0.25, 0.3) is 0 Å². The van der Waals surface area contributed by atoms with Gasteiger partial charge in [-0.1, -0.05) is 0 Å². The van der Waals surface area contributed by atoms with E-state index >= 15 is 0 Å². The van der Waals surface area contributed by atoms with Crippen molar-refractivity contribution in [2.75, 3.05) is 57.0 Å². The molecule has 5 unspecified atom stereocenters. The molecule has 0 spiro atoms. The third-order valence-electron chi connectivity index (χ3n) is 6.65. The van der Waals surface area contributed by atoms with Crippen LogP contribution >= 0.6 is 76.0 Å². The number of hydrogen-bond donors (Lipinski definition) is 22. The minimum atomic E-state index is -6.09. The minimum absolute atomic E-state index is 0.0791. The van der Waals surface area contributed by atoms with Gasteiger partial charge in [0.25, 0.3) is 0 Å². The van der Waals surface area contributed by atoms with Crippen molar-refractivity contribution >= 4 is 76.0 Å². The summed E-state index contributed by atoms with van der Waals surface area (Å²) in [6.07, 6.45) is -9.06. The Hall–Kier alpha value is 1.34. The van der Waals surface area contributed by atoms with Gasteiger partial charge in [-0.2, -0.15) is 0 Å². The van der Waals surface area contributed by atoms with Gasteiger partial charge < -0.3 is 109 Å². The van der Waals surface area contributed by atoms with Crippen LogP contribution in [0, 0.1) is 0 Å². The molecule has 0 aromatic heterocycles. The second-order valence-corrected chi connectivity index (χ2v) is 29.2. The second-order valence-electron chi connectivity index (χ2n) is 11.8. The van der Waals surface area contributed by atoms with Crippen molar-refractivity contribution in [3.05, 3.63) is 0 Å². The molecule has 0 aromatic rings. The summed E-state index contributed by atoms with van der Waals surface area (Å²) in [5.74, 6) is -14.0. The highest BCUT2D eigenvalue weighted by Gasteiger charge is 2.52. The molecule has 0 aromatic carbocycles. The third kappa shape index (κ3) is 27.5. The van der Waals surface area contributed by atoms with Gasteiger partial charge in [-0.05, 0) is 0 Å². The second kappa shape index (κ2) is 22.5. The van der Waals surface area contributed by atoms with Crippen molar-refractivity contribution in [1.82, 2.24) is 15.1 Å². The fourth-order valence-electron chi connectivity index (χ4n) is 4.46. The summed E-state index contributed by atoms with van der Waals surface area (Å²) in [5, 5.41) is 2.29. The lowest BCUT2D eigenvalue weighted by Gasteiger charge is -2.42. The molecule has 0 saturated carbocycles. The minimum Gasteiger partial charge on any atom is -0.329 e. The first-order valence-corrected chi connectivity index (χ1v) is 31.9. The maximum absolute atomic E-state index is 12.2. The molecule has 0 saturated heterocycles. The molecule has 23 N–H and O–H groups in total. The molecule has 0 aliphatic carbocycles. The van der Waals surface area contributed by atoms with E-state index in [9.17, 15) is 124 Å². The summed E-state index contributed by atoms with van der Waals surface area (Å²) in [7, 11) is -56.0. The lowest BCUT2D eigenvalue weighted by Crippen LogP contribution is -2.53. The number of nitrogens with one attached hydrogen (secondary N) is 1. The van der Waals surface area contributed by atoms with E-state index in [4.69, 9.17) is 25.3 Å². The first-order valence-electron chi connectivity index (χ1n) is 14.5. The molecular formula is C14H46N4O30P10. The molecule has 0 heterocycles. The lowest BCUT2D eigenvalue weighted by molar-refractivity contribution is 0.132. The normalized spacial score (nSPS) is 17.4. The highest BCUT2D eigenvalue weighted by atomic mass is 31.2. The van der Waals surface area contributed by atoms with Gasteiger partial charge in [-0.3, -0.25) is 55.5 Å². The zero-order valence-corrected chi connectivity index (χ0v) is 37.7. The molecule has 352 valence electrons. The Labute approximate surface area is 325 Å². The Kier molecular flexibility index (Phi) is 23.8. The predicted octanol–water partition coefficient (Wildman–Crippen LogP) is -5.47. The van der Waals surface area contributed by atoms with Crippen LogP contribution < -0.4 is 11.1 Å². The first-order chi connectivity index (χ1) is 25.0. The molecule has 0 fully saturated rings. The molecule has 0 aliphatic heterocycles. The van der Waals surface area contributed by atoms with Crippen LogP contribution in [0.5, 0.6) is 0 Å². The fraction of sp³-hybridized carbons (Fsp3) is 1.00. The molecule has 0 bridgehead atoms. The van der Waals surface area contributed by atoms with E-state index in [2.05, 4.69) is 5.32 Å². The number of rotatable bonds is 25. The van der Waals surface area contributed by atoms with Crippen LogP contribution in [0.3, 0.4) is 0 Å². The van der Waals surface area contributed by atoms with Crippen molar-refractivity contribution in [3.63, 3.8) is 0 Å². The van der Waals surface area contributed by atoms with Gasteiger partial charge in [0.05, 0.1) is 30.8 Å². The zero-order chi connectivity index (χ0) is 47.1. The molecule has 5 atom stereocenters. The van der Waals surface area contributed by atoms with E-state index in [1.54, 1.807) is 0 Å². The van der Waals surface area contributed by atoms with E-state index in [0.29, 0.717) is 0 Å². The third-order valence-corrected chi connectivity index (χ3v) is 18.4. The molecule has 0 radical (unpaired) electrons. The summed E-state index contributed by atoms with van der Waals surface area (Å²) >= 11 is 0. The maximum Gasteiger partial charge on any atom is 0.343 e. The van der Waals surface area contributed by atoms with Gasteiger partial charge in [0.1, 0.15) is 28.9 Å². The SMILES string of the molecule is NCCNC(CP(=O)(O)O)P(=O)(O)O.O=P(O)(O)CC(N(CCN(C(CP(=O)(O)O)P(=O)(O)O)C(CP(=O)(O)O)P(=O)(O)O)C(CP(=O)(O)O)P(=O)(O)O)P(=O)(O)O. The average molecular weight is 1060 g/mol. The van der Waals surface area contributed by atoms with Crippen LogP contribution in [0.15, 0.2) is 0 Å². The Balaban J connectivity index is 0. The highest BCUT2D eigenvalue weighted by Crippen LogP contribution is 2.59. The molecule has 0 rings (SSSR count). The maximum atomic E-state index is 12.2. The van der Waals surface area contributed by atoms with Crippen molar-refractivity contribution in [1.29, 1.82) is 0 Å². The largest absolute Gasteiger partial charge is 0.343 e. The zero-order valence-electron chi connectivity index (χ0n) is 28.7. The van der Waals surface area contributed by atoms with Gasteiger partial charge in [0.2, 0.25) is 0 Å². The molecule has 0 amide bonds. The molecule has 34 nitrogen and oxygen atoms in total. The Bertz CT molecular complexity index is 1620. The van der Waals surface area contributed by atoms with Crippen molar-refractivity contribution in [2.24, 2.45) is 5.73 Å². The van der Waals surface area contributed by atoms with Crippen LogP contribution in [0.2, 0.25) is 0 Å². The molecule has 0 aliphatic rings. The quantitative estimate of drug-likeness (QED) is 0.0379. The van der Waals surface area contributed by atoms with E-state index in [0.717, 1.165) is 0 Å². The fourth-order valence-corrected chi connectivity index (χ4v) is 18.3. The van der Waals surface area contributed by atoms with Gasteiger partial charge >= 0.3 is 76.0 Å². The summed E-state index contributed by atoms with van der Waals surface area (Å²) < 4.78 is 117. The number of nitrogens with zero attached hydrogens (tertiary/aromatic N) is 2. The Morgan fingerprint density at radius 2 is 0.569 bits per heavy atom. The predicted molar refractivity (Wildman–Crippen MR) is 194 cm³/mol.